The highest BCUT2D eigenvalue weighted by molar-refractivity contribution is 5.27. The quantitative estimate of drug-likeness (QED) is 0.836. The van der Waals surface area contributed by atoms with Crippen LogP contribution in [0, 0.1) is 12.3 Å². The van der Waals surface area contributed by atoms with Gasteiger partial charge in [-0.2, -0.15) is 0 Å². The van der Waals surface area contributed by atoms with Gasteiger partial charge < -0.3 is 15.8 Å². The van der Waals surface area contributed by atoms with Gasteiger partial charge in [-0.3, -0.25) is 0 Å². The summed E-state index contributed by atoms with van der Waals surface area (Å²) in [6, 6.07) is 8.13. The minimum atomic E-state index is 0.119. The van der Waals surface area contributed by atoms with E-state index in [1.54, 1.807) is 0 Å². The molecule has 0 saturated carbocycles. The van der Waals surface area contributed by atoms with Crippen LogP contribution in [0.1, 0.15) is 18.9 Å². The molecule has 1 aliphatic rings. The van der Waals surface area contributed by atoms with E-state index in [-0.39, 0.29) is 5.41 Å². The van der Waals surface area contributed by atoms with Crippen molar-refractivity contribution in [3.8, 4) is 5.75 Å². The molecule has 0 fully saturated rings. The molecule has 1 unspecified atom stereocenters. The second-order valence-corrected chi connectivity index (χ2v) is 5.02. The maximum Gasteiger partial charge on any atom is 0.119 e. The van der Waals surface area contributed by atoms with Crippen LogP contribution in [0.15, 0.2) is 36.2 Å². The summed E-state index contributed by atoms with van der Waals surface area (Å²) in [5.41, 5.74) is 7.06. The monoisotopic (exact) mass is 232 g/mol. The topological polar surface area (TPSA) is 47.3 Å². The lowest BCUT2D eigenvalue weighted by Gasteiger charge is -2.20. The maximum atomic E-state index is 5.75. The lowest BCUT2D eigenvalue weighted by molar-refractivity contribution is 0.254. The molecule has 92 valence electrons. The molecule has 0 amide bonds. The van der Waals surface area contributed by atoms with Crippen molar-refractivity contribution in [1.29, 1.82) is 0 Å². The van der Waals surface area contributed by atoms with Gasteiger partial charge in [0.15, 0.2) is 0 Å². The zero-order valence-electron chi connectivity index (χ0n) is 10.5. The van der Waals surface area contributed by atoms with Crippen molar-refractivity contribution >= 4 is 0 Å². The first kappa shape index (κ1) is 11.8. The van der Waals surface area contributed by atoms with E-state index in [0.717, 1.165) is 24.5 Å². The molecule has 0 aromatic heterocycles. The Labute approximate surface area is 103 Å². The van der Waals surface area contributed by atoms with Crippen molar-refractivity contribution in [2.75, 3.05) is 13.2 Å². The number of hydrogen-bond acceptors (Lipinski definition) is 3. The number of rotatable bonds is 4. The zero-order chi connectivity index (χ0) is 12.3. The summed E-state index contributed by atoms with van der Waals surface area (Å²) in [6.45, 7) is 5.87. The molecule has 2 rings (SSSR count). The molecule has 0 saturated heterocycles. The summed E-state index contributed by atoms with van der Waals surface area (Å²) >= 11 is 0. The van der Waals surface area contributed by atoms with Crippen LogP contribution in [-0.4, -0.2) is 13.2 Å². The Hall–Kier alpha value is -1.64. The first-order valence-electron chi connectivity index (χ1n) is 5.99. The van der Waals surface area contributed by atoms with Crippen molar-refractivity contribution in [3.05, 3.63) is 41.7 Å². The number of nitrogens with one attached hydrogen (secondary N) is 1. The van der Waals surface area contributed by atoms with E-state index < -0.39 is 0 Å². The van der Waals surface area contributed by atoms with E-state index in [9.17, 15) is 0 Å². The first-order chi connectivity index (χ1) is 8.07. The Balaban J connectivity index is 1.84. The Morgan fingerprint density at radius 2 is 2.29 bits per heavy atom. The van der Waals surface area contributed by atoms with Gasteiger partial charge in [-0.05, 0) is 37.1 Å². The fraction of sp³-hybridized carbons (Fsp3) is 0.429. The predicted octanol–water partition coefficient (Wildman–Crippen LogP) is 2.17. The van der Waals surface area contributed by atoms with Crippen molar-refractivity contribution in [3.63, 3.8) is 0 Å². The third-order valence-electron chi connectivity index (χ3n) is 3.13. The molecule has 1 aromatic rings. The molecule has 1 heterocycles. The molecular weight excluding hydrogens is 212 g/mol. The van der Waals surface area contributed by atoms with E-state index in [1.165, 1.54) is 5.56 Å². The van der Waals surface area contributed by atoms with Gasteiger partial charge in [0.25, 0.3) is 0 Å². The number of hydrogen-bond donors (Lipinski definition) is 2. The van der Waals surface area contributed by atoms with E-state index in [4.69, 9.17) is 10.5 Å². The van der Waals surface area contributed by atoms with E-state index >= 15 is 0 Å². The smallest absolute Gasteiger partial charge is 0.119 e. The van der Waals surface area contributed by atoms with Gasteiger partial charge in [0.1, 0.15) is 5.75 Å². The van der Waals surface area contributed by atoms with Crippen LogP contribution in [0.25, 0.3) is 0 Å². The van der Waals surface area contributed by atoms with Gasteiger partial charge in [-0.25, -0.2) is 0 Å². The van der Waals surface area contributed by atoms with Crippen LogP contribution in [0.3, 0.4) is 0 Å². The van der Waals surface area contributed by atoms with Crippen molar-refractivity contribution in [2.45, 2.75) is 20.3 Å². The SMILES string of the molecule is Cc1cccc(OCCC2(C)C=C(N)NC2)c1. The second kappa shape index (κ2) is 4.70. The molecule has 3 nitrogen and oxygen atoms in total. The molecule has 0 bridgehead atoms. The minimum absolute atomic E-state index is 0.119. The van der Waals surface area contributed by atoms with Gasteiger partial charge in [-0.1, -0.05) is 19.1 Å². The molecule has 0 radical (unpaired) electrons. The highest BCUT2D eigenvalue weighted by Gasteiger charge is 2.26. The van der Waals surface area contributed by atoms with Crippen LogP contribution in [0.5, 0.6) is 5.75 Å². The fourth-order valence-electron chi connectivity index (χ4n) is 2.05. The highest BCUT2D eigenvalue weighted by Crippen LogP contribution is 2.27. The molecule has 1 atom stereocenters. The number of nitrogens with two attached hydrogens (primary N) is 1. The Morgan fingerprint density at radius 1 is 1.47 bits per heavy atom. The molecule has 1 aromatic carbocycles. The third-order valence-corrected chi connectivity index (χ3v) is 3.13. The van der Waals surface area contributed by atoms with Crippen molar-refractivity contribution in [2.24, 2.45) is 11.1 Å². The zero-order valence-corrected chi connectivity index (χ0v) is 10.5. The molecule has 0 spiro atoms. The van der Waals surface area contributed by atoms with Gasteiger partial charge in [0, 0.05) is 12.0 Å². The fourth-order valence-corrected chi connectivity index (χ4v) is 2.05. The molecule has 3 N–H and O–H groups in total. The largest absolute Gasteiger partial charge is 0.494 e. The van der Waals surface area contributed by atoms with Gasteiger partial charge in [0.05, 0.1) is 12.4 Å². The Bertz CT molecular complexity index is 428. The average Bonchev–Trinajstić information content (AvgIpc) is 2.59. The van der Waals surface area contributed by atoms with Crippen LogP contribution in [-0.2, 0) is 0 Å². The van der Waals surface area contributed by atoms with E-state index in [0.29, 0.717) is 6.61 Å². The number of aryl methyl sites for hydroxylation is 1. The Kier molecular flexibility index (Phi) is 3.27. The normalized spacial score (nSPS) is 23.1. The molecular formula is C14H20N2O. The summed E-state index contributed by atoms with van der Waals surface area (Å²) < 4.78 is 5.75. The van der Waals surface area contributed by atoms with Gasteiger partial charge >= 0.3 is 0 Å². The average molecular weight is 232 g/mol. The molecule has 1 aliphatic heterocycles. The molecule has 0 aliphatic carbocycles. The first-order valence-corrected chi connectivity index (χ1v) is 5.99. The van der Waals surface area contributed by atoms with Crippen LogP contribution in [0.2, 0.25) is 0 Å². The molecule has 3 heteroatoms. The van der Waals surface area contributed by atoms with Crippen molar-refractivity contribution < 1.29 is 4.74 Å². The van der Waals surface area contributed by atoms with E-state index in [1.807, 2.05) is 12.1 Å². The summed E-state index contributed by atoms with van der Waals surface area (Å²) in [5, 5.41) is 3.15. The predicted molar refractivity (Wildman–Crippen MR) is 69.7 cm³/mol. The summed E-state index contributed by atoms with van der Waals surface area (Å²) in [5.74, 6) is 1.72. The number of ether oxygens (including phenoxy) is 1. The Morgan fingerprint density at radius 3 is 2.94 bits per heavy atom. The van der Waals surface area contributed by atoms with Crippen molar-refractivity contribution in [1.82, 2.24) is 5.32 Å². The summed E-state index contributed by atoms with van der Waals surface area (Å²) in [4.78, 5) is 0. The molecule has 17 heavy (non-hydrogen) atoms. The second-order valence-electron chi connectivity index (χ2n) is 5.02. The third kappa shape index (κ3) is 3.16. The summed E-state index contributed by atoms with van der Waals surface area (Å²) in [7, 11) is 0. The standard InChI is InChI=1S/C14H20N2O/c1-11-4-3-5-12(8-11)17-7-6-14(2)9-13(15)16-10-14/h3-5,8-9,16H,6-7,10,15H2,1-2H3. The van der Waals surface area contributed by atoms with Crippen LogP contribution < -0.4 is 15.8 Å². The number of benzene rings is 1. The highest BCUT2D eigenvalue weighted by atomic mass is 16.5. The minimum Gasteiger partial charge on any atom is -0.494 e. The lowest BCUT2D eigenvalue weighted by atomic mass is 9.89. The van der Waals surface area contributed by atoms with Gasteiger partial charge in [0.2, 0.25) is 0 Å². The van der Waals surface area contributed by atoms with E-state index in [2.05, 4.69) is 37.4 Å². The van der Waals surface area contributed by atoms with Crippen LogP contribution >= 0.6 is 0 Å². The maximum absolute atomic E-state index is 5.75. The van der Waals surface area contributed by atoms with Gasteiger partial charge in [-0.15, -0.1) is 0 Å². The summed E-state index contributed by atoms with van der Waals surface area (Å²) in [6.07, 6.45) is 3.06. The van der Waals surface area contributed by atoms with Crippen LogP contribution in [0.4, 0.5) is 0 Å². The lowest BCUT2D eigenvalue weighted by Crippen LogP contribution is -2.24.